The van der Waals surface area contributed by atoms with Crippen LogP contribution in [0.25, 0.3) is 11.1 Å². The van der Waals surface area contributed by atoms with E-state index in [-0.39, 0.29) is 11.8 Å². The van der Waals surface area contributed by atoms with Crippen LogP contribution >= 0.6 is 11.6 Å². The van der Waals surface area contributed by atoms with Crippen LogP contribution in [0.1, 0.15) is 6.42 Å². The van der Waals surface area contributed by atoms with Crippen LogP contribution in [0.4, 0.5) is 5.82 Å². The zero-order chi connectivity index (χ0) is 14.1. The molecule has 0 saturated carbocycles. The summed E-state index contributed by atoms with van der Waals surface area (Å²) >= 11 is 6.01. The average molecular weight is 286 g/mol. The van der Waals surface area contributed by atoms with E-state index >= 15 is 0 Å². The molecule has 1 fully saturated rings. The highest BCUT2D eigenvalue weighted by Crippen LogP contribution is 2.33. The fourth-order valence-electron chi connectivity index (χ4n) is 2.39. The number of rotatable bonds is 2. The number of aromatic amines is 1. The van der Waals surface area contributed by atoms with Crippen molar-refractivity contribution in [1.29, 1.82) is 0 Å². The molecule has 3 rings (SSSR count). The van der Waals surface area contributed by atoms with Gasteiger partial charge in [0.05, 0.1) is 6.20 Å². The van der Waals surface area contributed by atoms with E-state index in [1.165, 1.54) is 0 Å². The Hall–Kier alpha value is -2.25. The molecule has 5 heteroatoms. The van der Waals surface area contributed by atoms with Gasteiger partial charge in [-0.1, -0.05) is 23.7 Å². The maximum atomic E-state index is 12.0. The molecular weight excluding hydrogens is 274 g/mol. The highest BCUT2D eigenvalue weighted by atomic mass is 35.5. The molecule has 4 nitrogen and oxygen atoms in total. The van der Waals surface area contributed by atoms with E-state index in [9.17, 15) is 4.79 Å². The lowest BCUT2D eigenvalue weighted by Crippen LogP contribution is -2.25. The Bertz CT molecular complexity index is 701. The fraction of sp³-hybridized carbons (Fsp3) is 0.200. The lowest BCUT2D eigenvalue weighted by Gasteiger charge is -2.15. The molecule has 0 radical (unpaired) electrons. The Balaban J connectivity index is 1.99. The molecule has 0 spiro atoms. The van der Waals surface area contributed by atoms with Gasteiger partial charge in [-0.15, -0.1) is 12.3 Å². The topological polar surface area (TPSA) is 49.0 Å². The van der Waals surface area contributed by atoms with Gasteiger partial charge in [0, 0.05) is 29.5 Å². The van der Waals surface area contributed by atoms with E-state index in [1.54, 1.807) is 17.2 Å². The van der Waals surface area contributed by atoms with Gasteiger partial charge in [-0.3, -0.25) is 14.8 Å². The van der Waals surface area contributed by atoms with E-state index in [0.29, 0.717) is 23.8 Å². The summed E-state index contributed by atoms with van der Waals surface area (Å²) in [6, 6.07) is 7.44. The van der Waals surface area contributed by atoms with Crippen molar-refractivity contribution >= 4 is 23.3 Å². The molecule has 1 saturated heterocycles. The number of halogens is 1. The minimum Gasteiger partial charge on any atom is -0.295 e. The fourth-order valence-corrected chi connectivity index (χ4v) is 2.58. The highest BCUT2D eigenvalue weighted by Gasteiger charge is 2.31. The summed E-state index contributed by atoms with van der Waals surface area (Å²) in [6.07, 6.45) is 7.48. The van der Waals surface area contributed by atoms with E-state index in [4.69, 9.17) is 18.0 Å². The first kappa shape index (κ1) is 12.8. The predicted octanol–water partition coefficient (Wildman–Crippen LogP) is 2.72. The van der Waals surface area contributed by atoms with Crippen molar-refractivity contribution < 1.29 is 4.79 Å². The van der Waals surface area contributed by atoms with Gasteiger partial charge in [-0.2, -0.15) is 5.10 Å². The second kappa shape index (κ2) is 5.03. The van der Waals surface area contributed by atoms with Crippen LogP contribution in [-0.4, -0.2) is 22.6 Å². The van der Waals surface area contributed by atoms with Crippen LogP contribution in [0.15, 0.2) is 30.5 Å². The average Bonchev–Trinajstić information content (AvgIpc) is 3.04. The van der Waals surface area contributed by atoms with E-state index in [2.05, 4.69) is 16.1 Å². The van der Waals surface area contributed by atoms with Gasteiger partial charge in [-0.25, -0.2) is 0 Å². The number of carbonyl (C=O) groups excluding carboxylic acids is 1. The molecule has 1 aromatic heterocycles. The summed E-state index contributed by atoms with van der Waals surface area (Å²) in [5, 5.41) is 7.57. The molecule has 2 aromatic rings. The molecule has 1 amide bonds. The van der Waals surface area contributed by atoms with Gasteiger partial charge in [-0.05, 0) is 17.7 Å². The van der Waals surface area contributed by atoms with Crippen LogP contribution in [0.2, 0.25) is 5.02 Å². The molecule has 1 aliphatic rings. The van der Waals surface area contributed by atoms with Gasteiger partial charge in [0.2, 0.25) is 5.91 Å². The molecule has 1 aliphatic heterocycles. The molecule has 20 heavy (non-hydrogen) atoms. The second-order valence-corrected chi connectivity index (χ2v) is 5.15. The predicted molar refractivity (Wildman–Crippen MR) is 78.3 cm³/mol. The molecular formula is C15H12ClN3O. The van der Waals surface area contributed by atoms with Crippen LogP contribution < -0.4 is 4.90 Å². The molecule has 1 unspecified atom stereocenters. The first-order valence-corrected chi connectivity index (χ1v) is 6.62. The van der Waals surface area contributed by atoms with Gasteiger partial charge in [0.1, 0.15) is 5.82 Å². The highest BCUT2D eigenvalue weighted by molar-refractivity contribution is 6.30. The first-order valence-electron chi connectivity index (χ1n) is 6.25. The summed E-state index contributed by atoms with van der Waals surface area (Å²) < 4.78 is 0. The van der Waals surface area contributed by atoms with Crippen LogP contribution in [-0.2, 0) is 4.79 Å². The maximum absolute atomic E-state index is 12.0. The Labute approximate surface area is 121 Å². The van der Waals surface area contributed by atoms with Crippen LogP contribution in [0.3, 0.4) is 0 Å². The number of hydrogen-bond donors (Lipinski definition) is 1. The van der Waals surface area contributed by atoms with Crippen molar-refractivity contribution in [2.24, 2.45) is 5.92 Å². The molecule has 1 N–H and O–H groups in total. The number of anilines is 1. The third-order valence-electron chi connectivity index (χ3n) is 3.39. The van der Waals surface area contributed by atoms with Crippen molar-refractivity contribution in [1.82, 2.24) is 10.2 Å². The smallest absolute Gasteiger partial charge is 0.229 e. The van der Waals surface area contributed by atoms with Crippen LogP contribution in [0, 0.1) is 18.3 Å². The SMILES string of the molecule is C#CC1CC(=O)N(c2[nH]ncc2-c2cccc(Cl)c2)C1. The number of H-pyrrole nitrogens is 1. The molecule has 1 atom stereocenters. The Morgan fingerprint density at radius 3 is 3.05 bits per heavy atom. The summed E-state index contributed by atoms with van der Waals surface area (Å²) in [5.41, 5.74) is 1.76. The minimum absolute atomic E-state index is 0.0143. The first-order chi connectivity index (χ1) is 9.69. The third-order valence-corrected chi connectivity index (χ3v) is 3.62. The van der Waals surface area contributed by atoms with Crippen molar-refractivity contribution in [3.63, 3.8) is 0 Å². The monoisotopic (exact) mass is 285 g/mol. The van der Waals surface area contributed by atoms with Crippen molar-refractivity contribution in [2.75, 3.05) is 11.4 Å². The van der Waals surface area contributed by atoms with Gasteiger partial charge in [0.25, 0.3) is 0 Å². The number of nitrogens with zero attached hydrogens (tertiary/aromatic N) is 2. The van der Waals surface area contributed by atoms with Crippen molar-refractivity contribution in [3.05, 3.63) is 35.5 Å². The minimum atomic E-state index is -0.0435. The largest absolute Gasteiger partial charge is 0.295 e. The number of hydrogen-bond acceptors (Lipinski definition) is 2. The van der Waals surface area contributed by atoms with Gasteiger partial charge < -0.3 is 0 Å². The van der Waals surface area contributed by atoms with E-state index < -0.39 is 0 Å². The lowest BCUT2D eigenvalue weighted by molar-refractivity contribution is -0.117. The summed E-state index contributed by atoms with van der Waals surface area (Å²) in [7, 11) is 0. The van der Waals surface area contributed by atoms with Gasteiger partial charge >= 0.3 is 0 Å². The Morgan fingerprint density at radius 1 is 1.50 bits per heavy atom. The number of amides is 1. The van der Waals surface area contributed by atoms with Crippen molar-refractivity contribution in [3.8, 4) is 23.5 Å². The molecule has 1 aromatic carbocycles. The standard InChI is InChI=1S/C15H12ClN3O/c1-2-10-6-14(20)19(9-10)15-13(8-17-18-15)11-4-3-5-12(16)7-11/h1,3-5,7-8,10H,6,9H2,(H,17,18). The second-order valence-electron chi connectivity index (χ2n) is 4.71. The summed E-state index contributed by atoms with van der Waals surface area (Å²) in [4.78, 5) is 13.7. The number of aromatic nitrogens is 2. The quantitative estimate of drug-likeness (QED) is 0.863. The zero-order valence-corrected chi connectivity index (χ0v) is 11.4. The summed E-state index contributed by atoms with van der Waals surface area (Å²) in [6.45, 7) is 0.519. The number of terminal acetylenes is 1. The third kappa shape index (κ3) is 2.17. The van der Waals surface area contributed by atoms with E-state index in [0.717, 1.165) is 11.1 Å². The Kier molecular flexibility index (Phi) is 3.21. The molecule has 2 heterocycles. The number of benzene rings is 1. The number of nitrogens with one attached hydrogen (secondary N) is 1. The zero-order valence-electron chi connectivity index (χ0n) is 10.6. The molecule has 100 valence electrons. The normalized spacial score (nSPS) is 18.3. The number of carbonyl (C=O) groups is 1. The van der Waals surface area contributed by atoms with Crippen LogP contribution in [0.5, 0.6) is 0 Å². The molecule has 0 aliphatic carbocycles. The van der Waals surface area contributed by atoms with Gasteiger partial charge in [0.15, 0.2) is 0 Å². The van der Waals surface area contributed by atoms with Crippen molar-refractivity contribution in [2.45, 2.75) is 6.42 Å². The molecule has 0 bridgehead atoms. The van der Waals surface area contributed by atoms with E-state index in [1.807, 2.05) is 18.2 Å². The summed E-state index contributed by atoms with van der Waals surface area (Å²) in [5.74, 6) is 3.28. The maximum Gasteiger partial charge on any atom is 0.229 e. The Morgan fingerprint density at radius 2 is 2.35 bits per heavy atom. The lowest BCUT2D eigenvalue weighted by atomic mass is 10.1.